The molecular weight excluding hydrogens is 370 g/mol. The fourth-order valence-corrected chi connectivity index (χ4v) is 2.66. The van der Waals surface area contributed by atoms with Crippen LogP contribution in [0.1, 0.15) is 0 Å². The molecule has 0 atom stereocenters. The third-order valence-corrected chi connectivity index (χ3v) is 3.83. The van der Waals surface area contributed by atoms with Crippen molar-refractivity contribution < 1.29 is 17.9 Å². The minimum absolute atomic E-state index is 0.0488. The van der Waals surface area contributed by atoms with Gasteiger partial charge in [0, 0.05) is 5.69 Å². The molecule has 0 aliphatic heterocycles. The van der Waals surface area contributed by atoms with Gasteiger partial charge >= 0.3 is 0 Å². The lowest BCUT2D eigenvalue weighted by Crippen LogP contribution is -2.19. The van der Waals surface area contributed by atoms with E-state index in [0.29, 0.717) is 11.4 Å². The molecule has 0 radical (unpaired) electrons. The molecule has 27 heavy (non-hydrogen) atoms. The van der Waals surface area contributed by atoms with Gasteiger partial charge in [-0.3, -0.25) is 9.52 Å². The molecule has 0 unspecified atom stereocenters. The van der Waals surface area contributed by atoms with E-state index >= 15 is 0 Å². The highest BCUT2D eigenvalue weighted by atomic mass is 32.2. The third-order valence-electron chi connectivity index (χ3n) is 3.25. The number of benzene rings is 2. The largest absolute Gasteiger partial charge is 0.457 e. The number of amides is 1. The Bertz CT molecular complexity index is 1020. The quantitative estimate of drug-likeness (QED) is 0.641. The third kappa shape index (κ3) is 5.82. The number of anilines is 2. The van der Waals surface area contributed by atoms with E-state index in [1.54, 1.807) is 24.3 Å². The Kier molecular flexibility index (Phi) is 5.36. The number of hydrogen-bond donors (Lipinski definition) is 2. The minimum atomic E-state index is -3.45. The second-order valence-corrected chi connectivity index (χ2v) is 7.41. The van der Waals surface area contributed by atoms with Crippen LogP contribution in [0.4, 0.5) is 11.5 Å². The predicted octanol–water partition coefficient (Wildman–Crippen LogP) is 2.08. The van der Waals surface area contributed by atoms with Crippen LogP contribution in [-0.2, 0) is 21.4 Å². The van der Waals surface area contributed by atoms with Gasteiger partial charge in [-0.15, -0.1) is 5.10 Å². The molecule has 3 aromatic rings. The first kappa shape index (κ1) is 18.4. The van der Waals surface area contributed by atoms with Crippen LogP contribution < -0.4 is 14.8 Å². The smallest absolute Gasteiger partial charge is 0.246 e. The molecule has 0 aliphatic rings. The predicted molar refractivity (Wildman–Crippen MR) is 100 cm³/mol. The highest BCUT2D eigenvalue weighted by Crippen LogP contribution is 2.22. The van der Waals surface area contributed by atoms with Crippen LogP contribution in [0.3, 0.4) is 0 Å². The first-order chi connectivity index (χ1) is 12.9. The van der Waals surface area contributed by atoms with Crippen molar-refractivity contribution in [2.45, 2.75) is 6.54 Å². The van der Waals surface area contributed by atoms with Gasteiger partial charge in [0.05, 0.1) is 12.5 Å². The van der Waals surface area contributed by atoms with Crippen molar-refractivity contribution in [3.05, 3.63) is 60.8 Å². The van der Waals surface area contributed by atoms with Crippen LogP contribution in [0, 0.1) is 0 Å². The fraction of sp³-hybridized carbons (Fsp3) is 0.118. The van der Waals surface area contributed by atoms with E-state index in [1.807, 2.05) is 30.3 Å². The van der Waals surface area contributed by atoms with Gasteiger partial charge in [0.1, 0.15) is 18.0 Å². The summed E-state index contributed by atoms with van der Waals surface area (Å²) in [6, 6.07) is 16.3. The number of sulfonamides is 1. The number of nitrogens with one attached hydrogen (secondary N) is 2. The molecule has 2 N–H and O–H groups in total. The molecule has 1 amide bonds. The van der Waals surface area contributed by atoms with Crippen LogP contribution in [0.15, 0.2) is 60.8 Å². The first-order valence-electron chi connectivity index (χ1n) is 7.88. The van der Waals surface area contributed by atoms with Gasteiger partial charge in [0.25, 0.3) is 0 Å². The zero-order valence-electron chi connectivity index (χ0n) is 14.4. The van der Waals surface area contributed by atoms with Crippen molar-refractivity contribution in [2.75, 3.05) is 16.3 Å². The van der Waals surface area contributed by atoms with E-state index in [-0.39, 0.29) is 18.3 Å². The lowest BCUT2D eigenvalue weighted by Gasteiger charge is -2.08. The van der Waals surface area contributed by atoms with E-state index in [4.69, 9.17) is 4.74 Å². The molecule has 0 saturated carbocycles. The molecule has 140 valence electrons. The van der Waals surface area contributed by atoms with Crippen LogP contribution in [0.25, 0.3) is 0 Å². The van der Waals surface area contributed by atoms with Crippen LogP contribution in [0.5, 0.6) is 11.5 Å². The van der Waals surface area contributed by atoms with Crippen LogP contribution in [0.2, 0.25) is 0 Å². The Labute approximate surface area is 156 Å². The van der Waals surface area contributed by atoms with Gasteiger partial charge in [-0.1, -0.05) is 23.4 Å². The Balaban J connectivity index is 1.55. The number of para-hydroxylation sites is 1. The summed E-state index contributed by atoms with van der Waals surface area (Å²) < 4.78 is 31.4. The highest BCUT2D eigenvalue weighted by Gasteiger charge is 2.09. The standard InChI is InChI=1S/C17H17N5O4S/c1-27(24,25)20-16-11-22(21-19-16)12-17(23)18-13-7-9-15(10-8-13)26-14-5-3-2-4-6-14/h2-11,20H,12H2,1H3,(H,18,23). The monoisotopic (exact) mass is 387 g/mol. The fourth-order valence-electron chi connectivity index (χ4n) is 2.19. The second-order valence-electron chi connectivity index (χ2n) is 5.66. The maximum Gasteiger partial charge on any atom is 0.246 e. The van der Waals surface area contributed by atoms with Gasteiger partial charge in [-0.25, -0.2) is 13.1 Å². The lowest BCUT2D eigenvalue weighted by atomic mass is 10.3. The molecule has 0 saturated heterocycles. The molecule has 0 aliphatic carbocycles. The number of aromatic nitrogens is 3. The Morgan fingerprint density at radius 3 is 2.41 bits per heavy atom. The zero-order chi connectivity index (χ0) is 19.3. The molecule has 2 aromatic carbocycles. The van der Waals surface area contributed by atoms with E-state index in [9.17, 15) is 13.2 Å². The van der Waals surface area contributed by atoms with Gasteiger partial charge in [-0.2, -0.15) is 0 Å². The molecule has 1 aromatic heterocycles. The number of ether oxygens (including phenoxy) is 1. The molecule has 0 spiro atoms. The summed E-state index contributed by atoms with van der Waals surface area (Å²) in [6.07, 6.45) is 2.33. The van der Waals surface area contributed by atoms with Crippen molar-refractivity contribution in [3.63, 3.8) is 0 Å². The lowest BCUT2D eigenvalue weighted by molar-refractivity contribution is -0.116. The average molecular weight is 387 g/mol. The number of carbonyl (C=O) groups is 1. The molecule has 9 nitrogen and oxygen atoms in total. The normalized spacial score (nSPS) is 11.0. The Hall–Kier alpha value is -3.40. The number of carbonyl (C=O) groups excluding carboxylic acids is 1. The summed E-state index contributed by atoms with van der Waals surface area (Å²) in [5.74, 6) is 1.08. The first-order valence-corrected chi connectivity index (χ1v) is 9.77. The Morgan fingerprint density at radius 2 is 1.74 bits per heavy atom. The van der Waals surface area contributed by atoms with Crippen molar-refractivity contribution in [1.29, 1.82) is 0 Å². The molecule has 0 bridgehead atoms. The summed E-state index contributed by atoms with van der Waals surface area (Å²) >= 11 is 0. The minimum Gasteiger partial charge on any atom is -0.457 e. The summed E-state index contributed by atoms with van der Waals surface area (Å²) in [5, 5.41) is 10.1. The second kappa shape index (κ2) is 7.87. The van der Waals surface area contributed by atoms with E-state index in [2.05, 4.69) is 20.4 Å². The van der Waals surface area contributed by atoms with Crippen molar-refractivity contribution in [3.8, 4) is 11.5 Å². The van der Waals surface area contributed by atoms with E-state index in [1.165, 1.54) is 10.9 Å². The summed E-state index contributed by atoms with van der Waals surface area (Å²) in [5.41, 5.74) is 0.593. The number of nitrogens with zero attached hydrogens (tertiary/aromatic N) is 3. The maximum absolute atomic E-state index is 12.1. The van der Waals surface area contributed by atoms with E-state index in [0.717, 1.165) is 12.0 Å². The van der Waals surface area contributed by atoms with Gasteiger partial charge < -0.3 is 10.1 Å². The molecular formula is C17H17N5O4S. The summed E-state index contributed by atoms with van der Waals surface area (Å²) in [4.78, 5) is 12.1. The molecule has 3 rings (SSSR count). The summed E-state index contributed by atoms with van der Waals surface area (Å²) in [6.45, 7) is -0.110. The van der Waals surface area contributed by atoms with Crippen molar-refractivity contribution in [1.82, 2.24) is 15.0 Å². The summed E-state index contributed by atoms with van der Waals surface area (Å²) in [7, 11) is -3.45. The van der Waals surface area contributed by atoms with Crippen molar-refractivity contribution in [2.24, 2.45) is 0 Å². The average Bonchev–Trinajstić information content (AvgIpc) is 3.02. The SMILES string of the molecule is CS(=O)(=O)Nc1cn(CC(=O)Nc2ccc(Oc3ccccc3)cc2)nn1. The molecule has 0 fully saturated rings. The van der Waals surface area contributed by atoms with Gasteiger partial charge in [0.15, 0.2) is 5.82 Å². The number of rotatable bonds is 7. The maximum atomic E-state index is 12.1. The van der Waals surface area contributed by atoms with Gasteiger partial charge in [-0.05, 0) is 36.4 Å². The number of hydrogen-bond acceptors (Lipinski definition) is 6. The molecule has 10 heteroatoms. The van der Waals surface area contributed by atoms with Crippen molar-refractivity contribution >= 4 is 27.4 Å². The topological polar surface area (TPSA) is 115 Å². The molecule has 1 heterocycles. The van der Waals surface area contributed by atoms with Gasteiger partial charge in [0.2, 0.25) is 15.9 Å². The van der Waals surface area contributed by atoms with Crippen LogP contribution in [-0.4, -0.2) is 35.6 Å². The Morgan fingerprint density at radius 1 is 1.07 bits per heavy atom. The highest BCUT2D eigenvalue weighted by molar-refractivity contribution is 7.92. The van der Waals surface area contributed by atoms with E-state index < -0.39 is 10.0 Å². The van der Waals surface area contributed by atoms with Crippen LogP contribution >= 0.6 is 0 Å². The zero-order valence-corrected chi connectivity index (χ0v) is 15.2.